The third kappa shape index (κ3) is 2.66. The van der Waals surface area contributed by atoms with Crippen LogP contribution >= 0.6 is 0 Å². The van der Waals surface area contributed by atoms with E-state index in [2.05, 4.69) is 0 Å². The summed E-state index contributed by atoms with van der Waals surface area (Å²) in [6, 6.07) is 0. The Balaban J connectivity index is 2.69. The molecule has 0 bridgehead atoms. The first kappa shape index (κ1) is 10.5. The zero-order valence-electron chi connectivity index (χ0n) is 8.42. The molecule has 0 aromatic carbocycles. The van der Waals surface area contributed by atoms with Crippen molar-refractivity contribution in [1.29, 1.82) is 0 Å². The van der Waals surface area contributed by atoms with Crippen LogP contribution in [0.5, 0.6) is 0 Å². The van der Waals surface area contributed by atoms with E-state index in [-0.39, 0.29) is 17.3 Å². The Hall–Kier alpha value is -0.630. The van der Waals surface area contributed by atoms with Gasteiger partial charge in [0.15, 0.2) is 0 Å². The van der Waals surface area contributed by atoms with Crippen LogP contribution in [-0.2, 0) is 4.79 Å². The Bertz CT molecular complexity index is 220. The van der Waals surface area contributed by atoms with E-state index in [9.17, 15) is 9.90 Å². The summed E-state index contributed by atoms with van der Waals surface area (Å²) in [6.45, 7) is 3.67. The van der Waals surface area contributed by atoms with Gasteiger partial charge in [-0.3, -0.25) is 4.79 Å². The first-order chi connectivity index (χ1) is 6.04. The molecule has 0 amide bonds. The van der Waals surface area contributed by atoms with Crippen LogP contribution in [0.4, 0.5) is 0 Å². The molecule has 0 aliphatic heterocycles. The van der Waals surface area contributed by atoms with Gasteiger partial charge >= 0.3 is 0 Å². The maximum Gasteiger partial charge on any atom is 0.135 e. The number of carbonyl (C=O) groups is 1. The molecule has 2 nitrogen and oxygen atoms in total. The Kier molecular flexibility index (Phi) is 3.26. The second kappa shape index (κ2) is 4.05. The highest BCUT2D eigenvalue weighted by atomic mass is 16.3. The van der Waals surface area contributed by atoms with E-state index in [1.54, 1.807) is 13.0 Å². The molecular weight excluding hydrogens is 164 g/mol. The molecule has 0 saturated carbocycles. The molecule has 1 aliphatic carbocycles. The second-order valence-corrected chi connectivity index (χ2v) is 4.21. The Labute approximate surface area is 79.6 Å². The average Bonchev–Trinajstić information content (AvgIpc) is 2.01. The lowest BCUT2D eigenvalue weighted by molar-refractivity contribution is -0.126. The SMILES string of the molecule is CC(=O)C1(C)CC=CC(O)CCC1. The van der Waals surface area contributed by atoms with Gasteiger partial charge in [-0.05, 0) is 32.6 Å². The maximum absolute atomic E-state index is 11.4. The van der Waals surface area contributed by atoms with E-state index in [4.69, 9.17) is 0 Å². The molecule has 2 unspecified atom stereocenters. The van der Waals surface area contributed by atoms with Gasteiger partial charge in [-0.15, -0.1) is 0 Å². The van der Waals surface area contributed by atoms with Crippen LogP contribution in [-0.4, -0.2) is 17.0 Å². The number of carbonyl (C=O) groups excluding carboxylic acids is 1. The smallest absolute Gasteiger partial charge is 0.135 e. The first-order valence-corrected chi connectivity index (χ1v) is 4.90. The summed E-state index contributed by atoms with van der Waals surface area (Å²) < 4.78 is 0. The van der Waals surface area contributed by atoms with Crippen molar-refractivity contribution in [3.63, 3.8) is 0 Å². The maximum atomic E-state index is 11.4. The molecule has 1 rings (SSSR count). The quantitative estimate of drug-likeness (QED) is 0.630. The zero-order chi connectivity index (χ0) is 9.90. The molecule has 2 heteroatoms. The number of aliphatic hydroxyl groups excluding tert-OH is 1. The molecule has 0 radical (unpaired) electrons. The van der Waals surface area contributed by atoms with Gasteiger partial charge in [0, 0.05) is 5.41 Å². The van der Waals surface area contributed by atoms with Crippen molar-refractivity contribution in [1.82, 2.24) is 0 Å². The number of ketones is 1. The van der Waals surface area contributed by atoms with Crippen LogP contribution in [0, 0.1) is 5.41 Å². The van der Waals surface area contributed by atoms with E-state index in [0.29, 0.717) is 0 Å². The molecule has 1 N–H and O–H groups in total. The highest BCUT2D eigenvalue weighted by Crippen LogP contribution is 2.31. The van der Waals surface area contributed by atoms with Gasteiger partial charge in [-0.2, -0.15) is 0 Å². The summed E-state index contributed by atoms with van der Waals surface area (Å²) in [5.41, 5.74) is -0.198. The summed E-state index contributed by atoms with van der Waals surface area (Å²) in [4.78, 5) is 11.4. The largest absolute Gasteiger partial charge is 0.389 e. The molecule has 2 atom stereocenters. The van der Waals surface area contributed by atoms with E-state index < -0.39 is 0 Å². The Morgan fingerprint density at radius 2 is 2.31 bits per heavy atom. The standard InChI is InChI=1S/C11H18O2/c1-9(12)11(2)7-3-5-10(13)6-4-8-11/h3,5,10,13H,4,6-8H2,1-2H3. The molecule has 0 spiro atoms. The van der Waals surface area contributed by atoms with Crippen LogP contribution in [0.25, 0.3) is 0 Å². The summed E-state index contributed by atoms with van der Waals surface area (Å²) in [5.74, 6) is 0.258. The van der Waals surface area contributed by atoms with Crippen molar-refractivity contribution in [2.45, 2.75) is 45.6 Å². The second-order valence-electron chi connectivity index (χ2n) is 4.21. The topological polar surface area (TPSA) is 37.3 Å². The van der Waals surface area contributed by atoms with Gasteiger partial charge < -0.3 is 5.11 Å². The van der Waals surface area contributed by atoms with Crippen molar-refractivity contribution in [2.24, 2.45) is 5.41 Å². The molecule has 13 heavy (non-hydrogen) atoms. The third-order valence-electron chi connectivity index (χ3n) is 3.01. The van der Waals surface area contributed by atoms with Gasteiger partial charge in [-0.25, -0.2) is 0 Å². The van der Waals surface area contributed by atoms with Gasteiger partial charge in [0.2, 0.25) is 0 Å². The number of allylic oxidation sites excluding steroid dienone is 1. The Morgan fingerprint density at radius 3 is 2.92 bits per heavy atom. The summed E-state index contributed by atoms with van der Waals surface area (Å²) >= 11 is 0. The molecule has 0 fully saturated rings. The third-order valence-corrected chi connectivity index (χ3v) is 3.01. The minimum absolute atomic E-state index is 0.198. The highest BCUT2D eigenvalue weighted by molar-refractivity contribution is 5.82. The lowest BCUT2D eigenvalue weighted by atomic mass is 9.77. The van der Waals surface area contributed by atoms with E-state index in [1.165, 1.54) is 0 Å². The summed E-state index contributed by atoms with van der Waals surface area (Å²) in [7, 11) is 0. The molecule has 0 heterocycles. The minimum atomic E-state index is -0.309. The molecular formula is C11H18O2. The van der Waals surface area contributed by atoms with E-state index in [1.807, 2.05) is 13.0 Å². The van der Waals surface area contributed by atoms with Crippen molar-refractivity contribution in [3.05, 3.63) is 12.2 Å². The van der Waals surface area contributed by atoms with Crippen molar-refractivity contribution in [3.8, 4) is 0 Å². The average molecular weight is 182 g/mol. The molecule has 1 aliphatic rings. The molecule has 74 valence electrons. The number of Topliss-reactive ketones (excluding diaryl/α,β-unsaturated/α-hetero) is 1. The predicted octanol–water partition coefficient (Wildman–Crippen LogP) is 2.07. The van der Waals surface area contributed by atoms with Crippen LogP contribution < -0.4 is 0 Å². The van der Waals surface area contributed by atoms with Crippen LogP contribution in [0.1, 0.15) is 39.5 Å². The monoisotopic (exact) mass is 182 g/mol. The van der Waals surface area contributed by atoms with Crippen LogP contribution in [0.3, 0.4) is 0 Å². The predicted molar refractivity (Wildman–Crippen MR) is 52.4 cm³/mol. The van der Waals surface area contributed by atoms with Gasteiger partial charge in [0.25, 0.3) is 0 Å². The summed E-state index contributed by atoms with van der Waals surface area (Å²) in [6.07, 6.45) is 6.80. The molecule has 0 aromatic heterocycles. The number of aliphatic hydroxyl groups is 1. The van der Waals surface area contributed by atoms with Crippen LogP contribution in [0.2, 0.25) is 0 Å². The van der Waals surface area contributed by atoms with Crippen molar-refractivity contribution < 1.29 is 9.90 Å². The minimum Gasteiger partial charge on any atom is -0.389 e. The fraction of sp³-hybridized carbons (Fsp3) is 0.727. The number of rotatable bonds is 1. The zero-order valence-corrected chi connectivity index (χ0v) is 8.42. The van der Waals surface area contributed by atoms with Gasteiger partial charge in [0.1, 0.15) is 5.78 Å². The van der Waals surface area contributed by atoms with Gasteiger partial charge in [0.05, 0.1) is 6.10 Å². The number of hydrogen-bond donors (Lipinski definition) is 1. The van der Waals surface area contributed by atoms with Crippen LogP contribution in [0.15, 0.2) is 12.2 Å². The lowest BCUT2D eigenvalue weighted by Crippen LogP contribution is -2.26. The molecule has 0 saturated heterocycles. The highest BCUT2D eigenvalue weighted by Gasteiger charge is 2.28. The van der Waals surface area contributed by atoms with Gasteiger partial charge in [-0.1, -0.05) is 19.1 Å². The van der Waals surface area contributed by atoms with Crippen molar-refractivity contribution >= 4 is 5.78 Å². The van der Waals surface area contributed by atoms with Crippen molar-refractivity contribution in [2.75, 3.05) is 0 Å². The summed E-state index contributed by atoms with van der Waals surface area (Å²) in [5, 5.41) is 9.35. The van der Waals surface area contributed by atoms with E-state index in [0.717, 1.165) is 25.7 Å². The first-order valence-electron chi connectivity index (χ1n) is 4.90. The van der Waals surface area contributed by atoms with E-state index >= 15 is 0 Å². The fourth-order valence-corrected chi connectivity index (χ4v) is 1.70. The lowest BCUT2D eigenvalue weighted by Gasteiger charge is -2.27. The number of hydrogen-bond acceptors (Lipinski definition) is 2. The Morgan fingerprint density at radius 1 is 1.62 bits per heavy atom. The fourth-order valence-electron chi connectivity index (χ4n) is 1.70. The molecule has 0 aromatic rings. The normalized spacial score (nSPS) is 35.2.